The van der Waals surface area contributed by atoms with Gasteiger partial charge in [-0.15, -0.1) is 0 Å². The van der Waals surface area contributed by atoms with E-state index in [1.165, 1.54) is 0 Å². The molecule has 2 N–H and O–H groups in total. The number of aromatic nitrogens is 3. The van der Waals surface area contributed by atoms with Crippen molar-refractivity contribution in [3.8, 4) is 17.2 Å². The first-order valence-electron chi connectivity index (χ1n) is 10.2. The van der Waals surface area contributed by atoms with Gasteiger partial charge in [-0.25, -0.2) is 4.68 Å². The first-order valence-corrected chi connectivity index (χ1v) is 10.2. The minimum absolute atomic E-state index is 0.187. The highest BCUT2D eigenvalue weighted by molar-refractivity contribution is 6.07. The van der Waals surface area contributed by atoms with Crippen LogP contribution in [-0.2, 0) is 6.54 Å². The topological polar surface area (TPSA) is 84.3 Å². The summed E-state index contributed by atoms with van der Waals surface area (Å²) in [5.41, 5.74) is 9.36. The number of para-hydroxylation sites is 1. The Hall–Kier alpha value is -4.26. The van der Waals surface area contributed by atoms with Crippen molar-refractivity contribution < 1.29 is 9.47 Å². The van der Waals surface area contributed by atoms with Crippen molar-refractivity contribution in [2.45, 2.75) is 6.54 Å². The molecule has 7 nitrogen and oxygen atoms in total. The molecule has 5 aromatic rings. The summed E-state index contributed by atoms with van der Waals surface area (Å²) in [6, 6.07) is 22.8. The summed E-state index contributed by atoms with van der Waals surface area (Å²) in [6.45, 7) is 0.386. The minimum Gasteiger partial charge on any atom is -0.497 e. The first-order chi connectivity index (χ1) is 15.6. The number of anilines is 1. The van der Waals surface area contributed by atoms with Crippen LogP contribution >= 0.6 is 0 Å². The summed E-state index contributed by atoms with van der Waals surface area (Å²) in [5.74, 6) is 1.75. The van der Waals surface area contributed by atoms with Crippen LogP contribution in [0, 0.1) is 0 Å². The molecule has 0 bridgehead atoms. The number of ether oxygens (including phenoxy) is 2. The maximum atomic E-state index is 13.7. The molecule has 0 radical (unpaired) electrons. The second kappa shape index (κ2) is 7.77. The zero-order valence-electron chi connectivity index (χ0n) is 17.8. The van der Waals surface area contributed by atoms with E-state index in [1.807, 2.05) is 72.8 Å². The van der Waals surface area contributed by atoms with E-state index in [0.717, 1.165) is 27.9 Å². The fourth-order valence-electron chi connectivity index (χ4n) is 3.98. The van der Waals surface area contributed by atoms with Crippen molar-refractivity contribution in [3.63, 3.8) is 0 Å². The molecule has 160 valence electrons. The highest BCUT2D eigenvalue weighted by atomic mass is 16.5. The largest absolute Gasteiger partial charge is 0.497 e. The Morgan fingerprint density at radius 1 is 0.906 bits per heavy atom. The van der Waals surface area contributed by atoms with E-state index in [-0.39, 0.29) is 5.56 Å². The number of fused-ring (bicyclic) bond motifs is 3. The van der Waals surface area contributed by atoms with Crippen LogP contribution < -0.4 is 20.8 Å². The smallest absolute Gasteiger partial charge is 0.264 e. The molecular formula is C25H22N4O3. The third-order valence-corrected chi connectivity index (χ3v) is 5.63. The van der Waals surface area contributed by atoms with E-state index < -0.39 is 0 Å². The molecule has 0 aliphatic rings. The van der Waals surface area contributed by atoms with Gasteiger partial charge in [-0.3, -0.25) is 4.79 Å². The molecule has 2 heterocycles. The quantitative estimate of drug-likeness (QED) is 0.459. The SMILES string of the molecule is COc1ccc(Cn2c(=O)c3c(N)n(-c4ccccc4)nc3c3cc(OC)ccc32)cc1. The maximum absolute atomic E-state index is 13.7. The van der Waals surface area contributed by atoms with Crippen LogP contribution in [0.5, 0.6) is 11.5 Å². The lowest BCUT2D eigenvalue weighted by Crippen LogP contribution is -2.22. The Balaban J connectivity index is 1.80. The lowest BCUT2D eigenvalue weighted by Gasteiger charge is -2.13. The van der Waals surface area contributed by atoms with Gasteiger partial charge >= 0.3 is 0 Å². The van der Waals surface area contributed by atoms with Crippen LogP contribution in [0.15, 0.2) is 77.6 Å². The average Bonchev–Trinajstić information content (AvgIpc) is 3.20. The van der Waals surface area contributed by atoms with Gasteiger partial charge < -0.3 is 19.8 Å². The number of hydrogen-bond acceptors (Lipinski definition) is 5. The number of pyridine rings is 1. The van der Waals surface area contributed by atoms with Crippen LogP contribution in [0.4, 0.5) is 5.82 Å². The molecule has 0 spiro atoms. The molecule has 0 fully saturated rings. The molecular weight excluding hydrogens is 404 g/mol. The standard InChI is InChI=1S/C25H22N4O3/c1-31-18-10-8-16(9-11-18)15-28-21-13-12-19(32-2)14-20(21)23-22(25(28)30)24(26)29(27-23)17-6-4-3-5-7-17/h3-14H,15,26H2,1-2H3. The summed E-state index contributed by atoms with van der Waals surface area (Å²) < 4.78 is 14.0. The van der Waals surface area contributed by atoms with Gasteiger partial charge in [0.2, 0.25) is 0 Å². The fourth-order valence-corrected chi connectivity index (χ4v) is 3.98. The molecule has 0 saturated carbocycles. The van der Waals surface area contributed by atoms with E-state index in [2.05, 4.69) is 0 Å². The normalized spacial score (nSPS) is 11.2. The van der Waals surface area contributed by atoms with E-state index in [0.29, 0.717) is 29.0 Å². The lowest BCUT2D eigenvalue weighted by molar-refractivity contribution is 0.414. The number of nitrogens with zero attached hydrogens (tertiary/aromatic N) is 3. The van der Waals surface area contributed by atoms with E-state index in [9.17, 15) is 4.79 Å². The summed E-state index contributed by atoms with van der Waals surface area (Å²) in [4.78, 5) is 13.7. The van der Waals surface area contributed by atoms with Crippen LogP contribution in [-0.4, -0.2) is 28.6 Å². The predicted molar refractivity (Wildman–Crippen MR) is 126 cm³/mol. The number of nitrogen functional groups attached to an aromatic ring is 1. The third-order valence-electron chi connectivity index (χ3n) is 5.63. The van der Waals surface area contributed by atoms with Gasteiger partial charge in [0.05, 0.1) is 32.0 Å². The number of nitrogens with two attached hydrogens (primary N) is 1. The van der Waals surface area contributed by atoms with E-state index >= 15 is 0 Å². The Morgan fingerprint density at radius 3 is 2.28 bits per heavy atom. The zero-order chi connectivity index (χ0) is 22.2. The molecule has 0 saturated heterocycles. The van der Waals surface area contributed by atoms with Crippen LogP contribution in [0.1, 0.15) is 5.56 Å². The fraction of sp³-hybridized carbons (Fsp3) is 0.120. The zero-order valence-corrected chi connectivity index (χ0v) is 17.8. The van der Waals surface area contributed by atoms with Crippen molar-refractivity contribution in [1.29, 1.82) is 0 Å². The number of benzene rings is 3. The first kappa shape index (κ1) is 19.7. The highest BCUT2D eigenvalue weighted by Crippen LogP contribution is 2.30. The number of hydrogen-bond donors (Lipinski definition) is 1. The lowest BCUT2D eigenvalue weighted by atomic mass is 10.1. The van der Waals surface area contributed by atoms with Crippen molar-refractivity contribution in [3.05, 3.63) is 88.7 Å². The van der Waals surface area contributed by atoms with Gasteiger partial charge in [-0.1, -0.05) is 30.3 Å². The Kier molecular flexibility index (Phi) is 4.78. The van der Waals surface area contributed by atoms with Gasteiger partial charge in [0.25, 0.3) is 5.56 Å². The molecule has 2 aromatic heterocycles. The molecule has 7 heteroatoms. The minimum atomic E-state index is -0.187. The van der Waals surface area contributed by atoms with Crippen LogP contribution in [0.3, 0.4) is 0 Å². The monoisotopic (exact) mass is 426 g/mol. The predicted octanol–water partition coefficient (Wildman–Crippen LogP) is 3.99. The summed E-state index contributed by atoms with van der Waals surface area (Å²) in [5, 5.41) is 5.92. The second-order valence-electron chi connectivity index (χ2n) is 7.48. The van der Waals surface area contributed by atoms with Crippen molar-refractivity contribution in [2.75, 3.05) is 20.0 Å². The van der Waals surface area contributed by atoms with Crippen LogP contribution in [0.25, 0.3) is 27.5 Å². The Bertz CT molecular complexity index is 1490. The molecule has 0 aliphatic carbocycles. The van der Waals surface area contributed by atoms with E-state index in [4.69, 9.17) is 20.3 Å². The number of methoxy groups -OCH3 is 2. The van der Waals surface area contributed by atoms with Gasteiger partial charge in [-0.05, 0) is 48.0 Å². The van der Waals surface area contributed by atoms with Gasteiger partial charge in [0, 0.05) is 5.39 Å². The Labute approximate surface area is 184 Å². The Morgan fingerprint density at radius 2 is 1.59 bits per heavy atom. The van der Waals surface area contributed by atoms with Crippen LogP contribution in [0.2, 0.25) is 0 Å². The van der Waals surface area contributed by atoms with Crippen molar-refractivity contribution >= 4 is 27.6 Å². The molecule has 3 aromatic carbocycles. The molecule has 0 atom stereocenters. The van der Waals surface area contributed by atoms with Crippen molar-refractivity contribution in [2.24, 2.45) is 0 Å². The molecule has 0 unspecified atom stereocenters. The summed E-state index contributed by atoms with van der Waals surface area (Å²) in [6.07, 6.45) is 0. The molecule has 5 rings (SSSR count). The summed E-state index contributed by atoms with van der Waals surface area (Å²) >= 11 is 0. The highest BCUT2D eigenvalue weighted by Gasteiger charge is 2.20. The molecule has 32 heavy (non-hydrogen) atoms. The maximum Gasteiger partial charge on any atom is 0.264 e. The van der Waals surface area contributed by atoms with Gasteiger partial charge in [0.15, 0.2) is 0 Å². The summed E-state index contributed by atoms with van der Waals surface area (Å²) in [7, 11) is 3.24. The molecule has 0 aliphatic heterocycles. The van der Waals surface area contributed by atoms with E-state index in [1.54, 1.807) is 23.5 Å². The third kappa shape index (κ3) is 3.15. The van der Waals surface area contributed by atoms with Crippen molar-refractivity contribution in [1.82, 2.24) is 14.3 Å². The number of rotatable bonds is 5. The molecule has 0 amide bonds. The van der Waals surface area contributed by atoms with Gasteiger partial charge in [0.1, 0.15) is 28.2 Å². The second-order valence-corrected chi connectivity index (χ2v) is 7.48. The average molecular weight is 426 g/mol. The van der Waals surface area contributed by atoms with Gasteiger partial charge in [-0.2, -0.15) is 5.10 Å².